The number of halogens is 1. The van der Waals surface area contributed by atoms with Crippen molar-refractivity contribution >= 4 is 22.9 Å². The Bertz CT molecular complexity index is 331. The Balaban J connectivity index is 2.38. The molecule has 0 spiro atoms. The molecule has 0 fully saturated rings. The summed E-state index contributed by atoms with van der Waals surface area (Å²) in [6.45, 7) is 0. The highest BCUT2D eigenvalue weighted by Crippen LogP contribution is 2.38. The predicted molar refractivity (Wildman–Crippen MR) is 56.2 cm³/mol. The van der Waals surface area contributed by atoms with E-state index < -0.39 is 5.60 Å². The smallest absolute Gasteiger partial charge is 0.110 e. The van der Waals surface area contributed by atoms with E-state index in [4.69, 9.17) is 11.6 Å². The zero-order valence-electron chi connectivity index (χ0n) is 7.16. The molecule has 1 aromatic rings. The lowest BCUT2D eigenvalue weighted by molar-refractivity contribution is 0.0731. The van der Waals surface area contributed by atoms with Crippen LogP contribution in [0.2, 0.25) is 4.34 Å². The lowest BCUT2D eigenvalue weighted by atomic mass is 9.86. The number of aliphatic hydroxyl groups is 1. The molecule has 1 aliphatic carbocycles. The zero-order valence-corrected chi connectivity index (χ0v) is 8.74. The van der Waals surface area contributed by atoms with Gasteiger partial charge < -0.3 is 5.11 Å². The minimum Gasteiger partial charge on any atom is -0.381 e. The van der Waals surface area contributed by atoms with Gasteiger partial charge >= 0.3 is 0 Å². The molecule has 1 N–H and O–H groups in total. The minimum atomic E-state index is -0.810. The van der Waals surface area contributed by atoms with Gasteiger partial charge in [-0.15, -0.1) is 11.3 Å². The summed E-state index contributed by atoms with van der Waals surface area (Å²) in [4.78, 5) is 0. The minimum absolute atomic E-state index is 0.703. The van der Waals surface area contributed by atoms with Gasteiger partial charge in [0.15, 0.2) is 0 Å². The highest BCUT2D eigenvalue weighted by Gasteiger charge is 2.30. The Morgan fingerprint density at radius 1 is 1.54 bits per heavy atom. The summed E-state index contributed by atoms with van der Waals surface area (Å²) in [5, 5.41) is 12.2. The molecule has 0 saturated heterocycles. The number of allylic oxidation sites excluding steroid dienone is 1. The SMILES string of the molecule is OC1(c2ccsc2Cl)C=CCCC1. The van der Waals surface area contributed by atoms with E-state index in [1.165, 1.54) is 11.3 Å². The van der Waals surface area contributed by atoms with Crippen LogP contribution >= 0.6 is 22.9 Å². The molecule has 0 amide bonds. The maximum absolute atomic E-state index is 10.2. The predicted octanol–water partition coefficient (Wildman–Crippen LogP) is 3.33. The van der Waals surface area contributed by atoms with E-state index in [9.17, 15) is 5.11 Å². The first-order valence-corrected chi connectivity index (χ1v) is 5.62. The zero-order chi connectivity index (χ0) is 9.31. The Hall–Kier alpha value is -0.310. The molecule has 2 rings (SSSR count). The van der Waals surface area contributed by atoms with E-state index in [0.29, 0.717) is 4.34 Å². The van der Waals surface area contributed by atoms with Gasteiger partial charge in [-0.25, -0.2) is 0 Å². The van der Waals surface area contributed by atoms with Crippen molar-refractivity contribution in [1.29, 1.82) is 0 Å². The van der Waals surface area contributed by atoms with E-state index >= 15 is 0 Å². The molecule has 70 valence electrons. The third-order valence-electron chi connectivity index (χ3n) is 2.41. The van der Waals surface area contributed by atoms with Gasteiger partial charge in [0.05, 0.1) is 4.34 Å². The first-order valence-electron chi connectivity index (χ1n) is 4.36. The summed E-state index contributed by atoms with van der Waals surface area (Å²) in [6.07, 6.45) is 6.76. The largest absolute Gasteiger partial charge is 0.381 e. The Morgan fingerprint density at radius 3 is 2.92 bits per heavy atom. The van der Waals surface area contributed by atoms with Gasteiger partial charge in [-0.2, -0.15) is 0 Å². The fourth-order valence-electron chi connectivity index (χ4n) is 1.68. The number of rotatable bonds is 1. The molecule has 0 aliphatic heterocycles. The molecule has 0 saturated carbocycles. The number of hydrogen-bond acceptors (Lipinski definition) is 2. The quantitative estimate of drug-likeness (QED) is 0.711. The highest BCUT2D eigenvalue weighted by atomic mass is 35.5. The molecular formula is C10H11ClOS. The maximum Gasteiger partial charge on any atom is 0.110 e. The van der Waals surface area contributed by atoms with Crippen LogP contribution in [0.4, 0.5) is 0 Å². The van der Waals surface area contributed by atoms with E-state index in [1.54, 1.807) is 0 Å². The van der Waals surface area contributed by atoms with Crippen LogP contribution in [0.5, 0.6) is 0 Å². The van der Waals surface area contributed by atoms with Crippen LogP contribution in [0, 0.1) is 0 Å². The number of hydrogen-bond donors (Lipinski definition) is 1. The van der Waals surface area contributed by atoms with Gasteiger partial charge in [0.1, 0.15) is 5.60 Å². The van der Waals surface area contributed by atoms with Gasteiger partial charge in [0.2, 0.25) is 0 Å². The second-order valence-corrected chi connectivity index (χ2v) is 4.85. The van der Waals surface area contributed by atoms with Crippen molar-refractivity contribution in [3.8, 4) is 0 Å². The lowest BCUT2D eigenvalue weighted by Gasteiger charge is -2.27. The summed E-state index contributed by atoms with van der Waals surface area (Å²) in [7, 11) is 0. The van der Waals surface area contributed by atoms with E-state index in [0.717, 1.165) is 24.8 Å². The van der Waals surface area contributed by atoms with Crippen LogP contribution in [-0.4, -0.2) is 5.11 Å². The molecule has 1 heterocycles. The number of thiophene rings is 1. The van der Waals surface area contributed by atoms with Crippen molar-refractivity contribution in [2.24, 2.45) is 0 Å². The van der Waals surface area contributed by atoms with Crippen molar-refractivity contribution in [2.45, 2.75) is 24.9 Å². The summed E-state index contributed by atoms with van der Waals surface area (Å²) in [5.41, 5.74) is 0.0464. The molecule has 1 atom stereocenters. The van der Waals surface area contributed by atoms with Crippen molar-refractivity contribution < 1.29 is 5.11 Å². The van der Waals surface area contributed by atoms with Crippen molar-refractivity contribution in [3.63, 3.8) is 0 Å². The molecular weight excluding hydrogens is 204 g/mol. The average Bonchev–Trinajstić information content (AvgIpc) is 2.53. The summed E-state index contributed by atoms with van der Waals surface area (Å²) in [6, 6.07) is 1.91. The lowest BCUT2D eigenvalue weighted by Crippen LogP contribution is -2.24. The van der Waals surface area contributed by atoms with Gasteiger partial charge in [-0.3, -0.25) is 0 Å². The summed E-state index contributed by atoms with van der Waals surface area (Å²) < 4.78 is 0.703. The van der Waals surface area contributed by atoms with Crippen molar-refractivity contribution in [3.05, 3.63) is 33.5 Å². The van der Waals surface area contributed by atoms with Crippen LogP contribution in [0.25, 0.3) is 0 Å². The van der Waals surface area contributed by atoms with Gasteiger partial charge in [0.25, 0.3) is 0 Å². The summed E-state index contributed by atoms with van der Waals surface area (Å²) in [5.74, 6) is 0. The molecule has 1 aliphatic rings. The fourth-order valence-corrected chi connectivity index (χ4v) is 2.76. The monoisotopic (exact) mass is 214 g/mol. The highest BCUT2D eigenvalue weighted by molar-refractivity contribution is 7.14. The van der Waals surface area contributed by atoms with Crippen LogP contribution in [-0.2, 0) is 5.60 Å². The third kappa shape index (κ3) is 1.66. The Morgan fingerprint density at radius 2 is 2.38 bits per heavy atom. The normalized spacial score (nSPS) is 27.8. The van der Waals surface area contributed by atoms with Crippen molar-refractivity contribution in [2.75, 3.05) is 0 Å². The van der Waals surface area contributed by atoms with E-state index in [2.05, 4.69) is 0 Å². The van der Waals surface area contributed by atoms with Gasteiger partial charge in [-0.1, -0.05) is 23.8 Å². The Kier molecular flexibility index (Phi) is 2.45. The molecule has 1 aromatic heterocycles. The van der Waals surface area contributed by atoms with Gasteiger partial charge in [0, 0.05) is 5.56 Å². The molecule has 13 heavy (non-hydrogen) atoms. The fraction of sp³-hybridized carbons (Fsp3) is 0.400. The van der Waals surface area contributed by atoms with Gasteiger partial charge in [-0.05, 0) is 30.7 Å². The molecule has 1 nitrogen and oxygen atoms in total. The van der Waals surface area contributed by atoms with Crippen molar-refractivity contribution in [1.82, 2.24) is 0 Å². The second-order valence-electron chi connectivity index (χ2n) is 3.33. The van der Waals surface area contributed by atoms with Crippen LogP contribution in [0.1, 0.15) is 24.8 Å². The van der Waals surface area contributed by atoms with E-state index in [1.807, 2.05) is 23.6 Å². The first-order chi connectivity index (χ1) is 6.22. The standard InChI is InChI=1S/C10H11ClOS/c11-9-8(4-7-13-9)10(12)5-2-1-3-6-10/h2,4-5,7,12H,1,3,6H2. The molecule has 3 heteroatoms. The molecule has 1 unspecified atom stereocenters. The summed E-state index contributed by atoms with van der Waals surface area (Å²) >= 11 is 7.46. The van der Waals surface area contributed by atoms with Crippen LogP contribution in [0.3, 0.4) is 0 Å². The first kappa shape index (κ1) is 9.25. The molecule has 0 radical (unpaired) electrons. The topological polar surface area (TPSA) is 20.2 Å². The molecule has 0 aromatic carbocycles. The Labute approximate surface area is 86.7 Å². The second kappa shape index (κ2) is 3.45. The maximum atomic E-state index is 10.2. The third-order valence-corrected chi connectivity index (χ3v) is 3.58. The van der Waals surface area contributed by atoms with Crippen LogP contribution < -0.4 is 0 Å². The van der Waals surface area contributed by atoms with E-state index in [-0.39, 0.29) is 0 Å². The molecule has 0 bridgehead atoms. The average molecular weight is 215 g/mol. The van der Waals surface area contributed by atoms with Crippen LogP contribution in [0.15, 0.2) is 23.6 Å².